The van der Waals surface area contributed by atoms with E-state index in [2.05, 4.69) is 15.0 Å². The van der Waals surface area contributed by atoms with Crippen molar-refractivity contribution >= 4 is 33.7 Å². The molecule has 0 saturated heterocycles. The maximum atomic E-state index is 14.7. The molecule has 0 saturated carbocycles. The molecule has 0 fully saturated rings. The van der Waals surface area contributed by atoms with Gasteiger partial charge < -0.3 is 14.0 Å². The van der Waals surface area contributed by atoms with Crippen LogP contribution in [0.15, 0.2) is 23.5 Å². The van der Waals surface area contributed by atoms with Crippen molar-refractivity contribution in [3.8, 4) is 22.8 Å². The maximum absolute atomic E-state index is 14.7. The first-order valence-electron chi connectivity index (χ1n) is 7.14. The molecule has 0 N–H and O–H groups in total. The number of rotatable bonds is 4. The monoisotopic (exact) mass is 399 g/mol. The molecule has 3 aromatic rings. The fourth-order valence-corrected chi connectivity index (χ4v) is 3.02. The fourth-order valence-electron chi connectivity index (χ4n) is 2.36. The zero-order chi connectivity index (χ0) is 19.0. The third-order valence-corrected chi connectivity index (χ3v) is 4.56. The summed E-state index contributed by atoms with van der Waals surface area (Å²) in [4.78, 5) is 12.1. The molecule has 1 atom stereocenters. The van der Waals surface area contributed by atoms with E-state index < -0.39 is 28.4 Å². The van der Waals surface area contributed by atoms with Crippen molar-refractivity contribution in [1.29, 1.82) is 0 Å². The van der Waals surface area contributed by atoms with Crippen LogP contribution in [0.1, 0.15) is 0 Å². The zero-order valence-corrected chi connectivity index (χ0v) is 15.4. The summed E-state index contributed by atoms with van der Waals surface area (Å²) in [5, 5.41) is 0.358. The van der Waals surface area contributed by atoms with E-state index in [4.69, 9.17) is 21.1 Å². The fraction of sp³-hybridized carbons (Fsp3) is 0.188. The van der Waals surface area contributed by atoms with Gasteiger partial charge in [-0.2, -0.15) is 9.97 Å². The van der Waals surface area contributed by atoms with Crippen molar-refractivity contribution in [3.05, 3.63) is 35.1 Å². The Morgan fingerprint density at radius 1 is 1.08 bits per heavy atom. The average molecular weight is 400 g/mol. The molecule has 136 valence electrons. The quantitative estimate of drug-likeness (QED) is 0.380. The molecule has 0 bridgehead atoms. The summed E-state index contributed by atoms with van der Waals surface area (Å²) in [5.41, 5.74) is -0.303. The number of pyridine rings is 1. The van der Waals surface area contributed by atoms with Crippen LogP contribution in [0.4, 0.5) is 8.78 Å². The summed E-state index contributed by atoms with van der Waals surface area (Å²) in [6.07, 6.45) is 2.79. The van der Waals surface area contributed by atoms with Crippen molar-refractivity contribution < 1.29 is 22.8 Å². The van der Waals surface area contributed by atoms with Gasteiger partial charge in [-0.25, -0.2) is 13.8 Å². The predicted octanol–water partition coefficient (Wildman–Crippen LogP) is 3.38. The van der Waals surface area contributed by atoms with Crippen molar-refractivity contribution in [3.63, 3.8) is 0 Å². The highest BCUT2D eigenvalue weighted by Crippen LogP contribution is 2.38. The Morgan fingerprint density at radius 3 is 2.23 bits per heavy atom. The number of fused-ring (bicyclic) bond motifs is 1. The van der Waals surface area contributed by atoms with Crippen LogP contribution in [-0.2, 0) is 11.2 Å². The topological polar surface area (TPSA) is 80.2 Å². The van der Waals surface area contributed by atoms with Gasteiger partial charge in [0.2, 0.25) is 0 Å². The number of nitrogens with zero attached hydrogens (tertiary/aromatic N) is 3. The van der Waals surface area contributed by atoms with Crippen LogP contribution in [0.2, 0.25) is 5.15 Å². The number of ether oxygens (including phenoxy) is 2. The first kappa shape index (κ1) is 18.6. The Labute approximate surface area is 155 Å². The lowest BCUT2D eigenvalue weighted by molar-refractivity contribution is 0.359. The van der Waals surface area contributed by atoms with Gasteiger partial charge in [0.25, 0.3) is 0 Å². The minimum Gasteiger partial charge on any atom is -0.609 e. The van der Waals surface area contributed by atoms with E-state index in [-0.39, 0.29) is 33.0 Å². The minimum absolute atomic E-state index is 0.0781. The van der Waals surface area contributed by atoms with Gasteiger partial charge in [0.05, 0.1) is 25.5 Å². The molecule has 1 unspecified atom stereocenters. The molecule has 0 spiro atoms. The molecule has 3 rings (SSSR count). The lowest BCUT2D eigenvalue weighted by atomic mass is 10.1. The second kappa shape index (κ2) is 7.18. The molecule has 0 aliphatic heterocycles. The summed E-state index contributed by atoms with van der Waals surface area (Å²) < 4.78 is 50.7. The summed E-state index contributed by atoms with van der Waals surface area (Å²) >= 11 is 4.72. The SMILES string of the molecule is COc1cc(OC)c(F)c(-c2cc3cnc([S+](C)[O-])nc3c(Cl)n2)c1F. The number of methoxy groups -OCH3 is 2. The van der Waals surface area contributed by atoms with Crippen LogP contribution in [0.3, 0.4) is 0 Å². The Balaban J connectivity index is 2.28. The Bertz CT molecular complexity index is 976. The molecule has 0 radical (unpaired) electrons. The molecule has 2 heterocycles. The highest BCUT2D eigenvalue weighted by molar-refractivity contribution is 7.90. The van der Waals surface area contributed by atoms with Crippen LogP contribution in [0.5, 0.6) is 11.5 Å². The molecular weight excluding hydrogens is 388 g/mol. The summed E-state index contributed by atoms with van der Waals surface area (Å²) in [5.74, 6) is -2.30. The van der Waals surface area contributed by atoms with E-state index in [1.165, 1.54) is 32.7 Å². The largest absolute Gasteiger partial charge is 0.609 e. The lowest BCUT2D eigenvalue weighted by Crippen LogP contribution is -2.05. The minimum atomic E-state index is -1.41. The van der Waals surface area contributed by atoms with Crippen LogP contribution in [-0.4, -0.2) is 40.0 Å². The number of benzene rings is 1. The summed E-state index contributed by atoms with van der Waals surface area (Å²) in [6.45, 7) is 0. The highest BCUT2D eigenvalue weighted by atomic mass is 35.5. The van der Waals surface area contributed by atoms with Gasteiger partial charge in [-0.1, -0.05) is 11.6 Å². The standard InChI is InChI=1S/C16H12ClF2N3O3S/c1-24-9-5-10(25-2)13(19)11(12(9)18)8-4-7-6-20-16(26(3)23)22-14(7)15(17)21-8/h4-6H,1-3H3. The van der Waals surface area contributed by atoms with Crippen LogP contribution in [0.25, 0.3) is 22.2 Å². The van der Waals surface area contributed by atoms with Crippen molar-refractivity contribution in [2.75, 3.05) is 20.5 Å². The van der Waals surface area contributed by atoms with Crippen molar-refractivity contribution in [2.24, 2.45) is 0 Å². The summed E-state index contributed by atoms with van der Waals surface area (Å²) in [7, 11) is 2.50. The van der Waals surface area contributed by atoms with Crippen molar-refractivity contribution in [2.45, 2.75) is 5.16 Å². The molecule has 26 heavy (non-hydrogen) atoms. The van der Waals surface area contributed by atoms with Gasteiger partial charge >= 0.3 is 5.16 Å². The molecule has 0 aliphatic carbocycles. The lowest BCUT2D eigenvalue weighted by Gasteiger charge is -2.13. The van der Waals surface area contributed by atoms with Crippen LogP contribution in [0, 0.1) is 11.6 Å². The second-order valence-corrected chi connectivity index (χ2v) is 6.76. The third-order valence-electron chi connectivity index (χ3n) is 3.59. The molecule has 1 aromatic carbocycles. The average Bonchev–Trinajstić information content (AvgIpc) is 2.62. The van der Waals surface area contributed by atoms with E-state index in [9.17, 15) is 13.3 Å². The Kier molecular flexibility index (Phi) is 5.12. The number of aromatic nitrogens is 3. The first-order valence-corrected chi connectivity index (χ1v) is 9.08. The maximum Gasteiger partial charge on any atom is 0.343 e. The molecule has 6 nitrogen and oxygen atoms in total. The van der Waals surface area contributed by atoms with Gasteiger partial charge in [0, 0.05) is 28.8 Å². The van der Waals surface area contributed by atoms with Gasteiger partial charge in [-0.05, 0) is 6.07 Å². The molecule has 10 heteroatoms. The third kappa shape index (κ3) is 3.13. The van der Waals surface area contributed by atoms with E-state index in [0.29, 0.717) is 5.39 Å². The second-order valence-electron chi connectivity index (χ2n) is 5.13. The van der Waals surface area contributed by atoms with Gasteiger partial charge in [0.1, 0.15) is 11.8 Å². The summed E-state index contributed by atoms with van der Waals surface area (Å²) in [6, 6.07) is 2.48. The first-order chi connectivity index (χ1) is 12.4. The smallest absolute Gasteiger partial charge is 0.343 e. The van der Waals surface area contributed by atoms with Gasteiger partial charge in [-0.3, -0.25) is 0 Å². The van der Waals surface area contributed by atoms with E-state index in [1.54, 1.807) is 0 Å². The predicted molar refractivity (Wildman–Crippen MR) is 93.1 cm³/mol. The molecule has 0 amide bonds. The van der Waals surface area contributed by atoms with Crippen LogP contribution >= 0.6 is 11.6 Å². The number of hydrogen-bond donors (Lipinski definition) is 0. The normalized spacial score (nSPS) is 12.3. The zero-order valence-electron chi connectivity index (χ0n) is 13.8. The van der Waals surface area contributed by atoms with Crippen molar-refractivity contribution in [1.82, 2.24) is 15.0 Å². The Hall–Kier alpha value is -2.23. The van der Waals surface area contributed by atoms with Gasteiger partial charge in [-0.15, -0.1) is 0 Å². The molecular formula is C16H12ClF2N3O3S. The van der Waals surface area contributed by atoms with Gasteiger partial charge in [0.15, 0.2) is 28.3 Å². The Morgan fingerprint density at radius 2 is 1.69 bits per heavy atom. The van der Waals surface area contributed by atoms with E-state index in [0.717, 1.165) is 6.07 Å². The highest BCUT2D eigenvalue weighted by Gasteiger charge is 2.24. The molecule has 0 aliphatic rings. The molecule has 2 aromatic heterocycles. The number of halogens is 3. The number of hydrogen-bond acceptors (Lipinski definition) is 6. The van der Waals surface area contributed by atoms with Crippen LogP contribution < -0.4 is 9.47 Å². The van der Waals surface area contributed by atoms with E-state index in [1.807, 2.05) is 0 Å². The van der Waals surface area contributed by atoms with E-state index >= 15 is 0 Å².